The Morgan fingerprint density at radius 3 is 2.18 bits per heavy atom. The first-order valence-corrected chi connectivity index (χ1v) is 12.8. The molecule has 1 aliphatic heterocycles. The van der Waals surface area contributed by atoms with Crippen LogP contribution < -0.4 is 0 Å². The van der Waals surface area contributed by atoms with Crippen LogP contribution >= 0.6 is 0 Å². The van der Waals surface area contributed by atoms with E-state index in [9.17, 15) is 14.4 Å². The maximum atomic E-state index is 14.2. The number of amides is 2. The van der Waals surface area contributed by atoms with E-state index < -0.39 is 23.7 Å². The molecule has 8 nitrogen and oxygen atoms in total. The van der Waals surface area contributed by atoms with Crippen LogP contribution in [0, 0.1) is 6.92 Å². The van der Waals surface area contributed by atoms with E-state index in [1.54, 1.807) is 30.6 Å². The minimum atomic E-state index is -0.648. The number of piperazine rings is 1. The molecule has 2 heterocycles. The third-order valence-electron chi connectivity index (χ3n) is 6.50. The molecule has 1 fully saturated rings. The number of methoxy groups -OCH3 is 1. The molecule has 1 saturated heterocycles. The average molecular weight is 518 g/mol. The maximum absolute atomic E-state index is 14.2. The molecule has 1 aromatic heterocycles. The quantitative estimate of drug-likeness (QED) is 0.441. The van der Waals surface area contributed by atoms with Crippen LogP contribution in [0.2, 0.25) is 0 Å². The summed E-state index contributed by atoms with van der Waals surface area (Å²) in [5, 5.41) is 0. The van der Waals surface area contributed by atoms with Crippen LogP contribution in [0.25, 0.3) is 16.9 Å². The molecule has 2 amide bonds. The van der Waals surface area contributed by atoms with E-state index in [0.29, 0.717) is 12.1 Å². The van der Waals surface area contributed by atoms with Gasteiger partial charge in [0.2, 0.25) is 0 Å². The predicted molar refractivity (Wildman–Crippen MR) is 145 cm³/mol. The molecule has 0 radical (unpaired) electrons. The Morgan fingerprint density at radius 1 is 0.947 bits per heavy atom. The smallest absolute Gasteiger partial charge is 0.410 e. The second kappa shape index (κ2) is 11.1. The van der Waals surface area contributed by atoms with Crippen molar-refractivity contribution in [2.24, 2.45) is 0 Å². The number of aryl methyl sites for hydroxylation is 1. The van der Waals surface area contributed by atoms with Crippen LogP contribution in [0.1, 0.15) is 43.2 Å². The summed E-state index contributed by atoms with van der Waals surface area (Å²) in [5.74, 6) is -0.639. The number of hydrogen-bond acceptors (Lipinski definition) is 5. The Labute approximate surface area is 223 Å². The van der Waals surface area contributed by atoms with Gasteiger partial charge in [0.05, 0.1) is 30.8 Å². The summed E-state index contributed by atoms with van der Waals surface area (Å²) in [7, 11) is 1.32. The van der Waals surface area contributed by atoms with Crippen LogP contribution in [0.3, 0.4) is 0 Å². The van der Waals surface area contributed by atoms with Gasteiger partial charge in [-0.1, -0.05) is 48.5 Å². The van der Waals surface area contributed by atoms with Crippen LogP contribution in [-0.4, -0.2) is 70.7 Å². The third-order valence-corrected chi connectivity index (χ3v) is 6.50. The van der Waals surface area contributed by atoms with Crippen molar-refractivity contribution in [3.63, 3.8) is 0 Å². The topological polar surface area (TPSA) is 81.1 Å². The van der Waals surface area contributed by atoms with E-state index in [2.05, 4.69) is 4.57 Å². The monoisotopic (exact) mass is 517 g/mol. The number of carbonyl (C=O) groups is 3. The molecule has 0 bridgehead atoms. The molecule has 8 heteroatoms. The molecule has 3 aromatic rings. The summed E-state index contributed by atoms with van der Waals surface area (Å²) in [6.07, 6.45) is -0.490. The lowest BCUT2D eigenvalue weighted by atomic mass is 10.0. The van der Waals surface area contributed by atoms with Crippen molar-refractivity contribution in [3.8, 4) is 16.9 Å². The number of ether oxygens (including phenoxy) is 2. The number of rotatable bonds is 5. The molecule has 0 spiro atoms. The van der Waals surface area contributed by atoms with E-state index in [1.807, 2.05) is 73.7 Å². The molecule has 200 valence electrons. The fraction of sp³-hybridized carbons (Fsp3) is 0.367. The highest BCUT2D eigenvalue weighted by atomic mass is 16.6. The zero-order valence-electron chi connectivity index (χ0n) is 22.6. The number of nitrogens with zero attached hydrogens (tertiary/aromatic N) is 3. The Kier molecular flexibility index (Phi) is 7.90. The second-order valence-corrected chi connectivity index (χ2v) is 10.4. The molecule has 1 aliphatic rings. The van der Waals surface area contributed by atoms with E-state index >= 15 is 0 Å². The van der Waals surface area contributed by atoms with Gasteiger partial charge in [0, 0.05) is 31.0 Å². The Hall–Kier alpha value is -4.07. The van der Waals surface area contributed by atoms with Crippen LogP contribution in [-0.2, 0) is 14.3 Å². The van der Waals surface area contributed by atoms with Gasteiger partial charge in [-0.25, -0.2) is 4.79 Å². The predicted octanol–water partition coefficient (Wildman–Crippen LogP) is 5.08. The molecular weight excluding hydrogens is 482 g/mol. The van der Waals surface area contributed by atoms with Crippen LogP contribution in [0.15, 0.2) is 66.7 Å². The minimum Gasteiger partial charge on any atom is -0.469 e. The summed E-state index contributed by atoms with van der Waals surface area (Å²) in [4.78, 5) is 42.6. The Bertz CT molecular complexity index is 1290. The lowest BCUT2D eigenvalue weighted by Gasteiger charge is -2.41. The third kappa shape index (κ3) is 5.90. The van der Waals surface area contributed by atoms with E-state index in [0.717, 1.165) is 22.6 Å². The first kappa shape index (κ1) is 27.0. The van der Waals surface area contributed by atoms with Crippen molar-refractivity contribution in [1.29, 1.82) is 0 Å². The second-order valence-electron chi connectivity index (χ2n) is 10.4. The maximum Gasteiger partial charge on any atom is 0.410 e. The standard InChI is InChI=1S/C30H35N3O5/c1-21-18-25(27(22-12-8-6-9-13-22)33(21)23-14-10-7-11-15-23)28(35)32-17-16-31(29(36)38-30(2,3)4)20-24(32)19-26(34)37-5/h6-15,18,24H,16-17,19-20H2,1-5H3. The number of hydrogen-bond donors (Lipinski definition) is 0. The number of para-hydroxylation sites is 1. The summed E-state index contributed by atoms with van der Waals surface area (Å²) in [6, 6.07) is 21.0. The van der Waals surface area contributed by atoms with Gasteiger partial charge in [-0.3, -0.25) is 9.59 Å². The normalized spacial score (nSPS) is 15.8. The van der Waals surface area contributed by atoms with Crippen molar-refractivity contribution in [1.82, 2.24) is 14.4 Å². The highest BCUT2D eigenvalue weighted by Gasteiger charge is 2.37. The first-order valence-electron chi connectivity index (χ1n) is 12.8. The largest absolute Gasteiger partial charge is 0.469 e. The number of benzene rings is 2. The molecule has 1 unspecified atom stereocenters. The number of carbonyl (C=O) groups excluding carboxylic acids is 3. The summed E-state index contributed by atoms with van der Waals surface area (Å²) in [6.45, 7) is 8.14. The lowest BCUT2D eigenvalue weighted by molar-refractivity contribution is -0.142. The molecule has 0 aliphatic carbocycles. The molecule has 0 N–H and O–H groups in total. The fourth-order valence-corrected chi connectivity index (χ4v) is 4.81. The van der Waals surface area contributed by atoms with Gasteiger partial charge in [0.15, 0.2) is 0 Å². The lowest BCUT2D eigenvalue weighted by Crippen LogP contribution is -2.57. The van der Waals surface area contributed by atoms with E-state index in [-0.39, 0.29) is 25.4 Å². The molecule has 1 atom stereocenters. The van der Waals surface area contributed by atoms with Crippen LogP contribution in [0.4, 0.5) is 4.79 Å². The fourth-order valence-electron chi connectivity index (χ4n) is 4.81. The highest BCUT2D eigenvalue weighted by molar-refractivity contribution is 6.01. The van der Waals surface area contributed by atoms with Gasteiger partial charge >= 0.3 is 12.1 Å². The number of esters is 1. The van der Waals surface area contributed by atoms with Crippen molar-refractivity contribution in [2.45, 2.75) is 45.8 Å². The Balaban J connectivity index is 1.73. The van der Waals surface area contributed by atoms with E-state index in [4.69, 9.17) is 9.47 Å². The van der Waals surface area contributed by atoms with Crippen molar-refractivity contribution >= 4 is 18.0 Å². The molecule has 0 saturated carbocycles. The van der Waals surface area contributed by atoms with Gasteiger partial charge in [0.1, 0.15) is 5.60 Å². The van der Waals surface area contributed by atoms with Gasteiger partial charge in [-0.05, 0) is 51.5 Å². The van der Waals surface area contributed by atoms with Crippen molar-refractivity contribution < 1.29 is 23.9 Å². The zero-order chi connectivity index (χ0) is 27.4. The van der Waals surface area contributed by atoms with Gasteiger partial charge in [0.25, 0.3) is 5.91 Å². The highest BCUT2D eigenvalue weighted by Crippen LogP contribution is 2.33. The first-order chi connectivity index (χ1) is 18.1. The Morgan fingerprint density at radius 2 is 1.58 bits per heavy atom. The molecule has 4 rings (SSSR count). The summed E-state index contributed by atoms with van der Waals surface area (Å²) < 4.78 is 12.5. The van der Waals surface area contributed by atoms with Crippen molar-refractivity contribution in [3.05, 3.63) is 78.0 Å². The minimum absolute atomic E-state index is 0.0272. The van der Waals surface area contributed by atoms with Gasteiger partial charge < -0.3 is 23.8 Å². The average Bonchev–Trinajstić information content (AvgIpc) is 3.25. The molecule has 2 aromatic carbocycles. The zero-order valence-corrected chi connectivity index (χ0v) is 22.6. The van der Waals surface area contributed by atoms with Crippen molar-refractivity contribution in [2.75, 3.05) is 26.7 Å². The van der Waals surface area contributed by atoms with Crippen LogP contribution in [0.5, 0.6) is 0 Å². The summed E-state index contributed by atoms with van der Waals surface area (Å²) in [5.41, 5.74) is 3.44. The number of aromatic nitrogens is 1. The molecule has 38 heavy (non-hydrogen) atoms. The molecular formula is C30H35N3O5. The summed E-state index contributed by atoms with van der Waals surface area (Å²) >= 11 is 0. The van der Waals surface area contributed by atoms with Gasteiger partial charge in [-0.2, -0.15) is 0 Å². The van der Waals surface area contributed by atoms with E-state index in [1.165, 1.54) is 7.11 Å². The SMILES string of the molecule is COC(=O)CC1CN(C(=O)OC(C)(C)C)CCN1C(=O)c1cc(C)n(-c2ccccc2)c1-c1ccccc1. The van der Waals surface area contributed by atoms with Gasteiger partial charge in [-0.15, -0.1) is 0 Å².